The van der Waals surface area contributed by atoms with Crippen LogP contribution in [0.2, 0.25) is 5.02 Å². The number of nitrogens with one attached hydrogen (secondary N) is 1. The molecule has 1 amide bonds. The molecule has 2 aromatic rings. The summed E-state index contributed by atoms with van der Waals surface area (Å²) >= 11 is 5.84. The van der Waals surface area contributed by atoms with E-state index in [1.54, 1.807) is 43.3 Å². The highest BCUT2D eigenvalue weighted by atomic mass is 35.5. The first-order chi connectivity index (χ1) is 10.5. The standard InChI is InChI=1S/C16H15ClN2O3/c1-10(11-6-7-14(20)15(9-11)22-2)18-19-16(21)12-4-3-5-13(17)8-12/h3-9,20H,1-2H3,(H,19,21)/b18-10+. The Hall–Kier alpha value is -2.53. The van der Waals surface area contributed by atoms with Gasteiger partial charge in [0.2, 0.25) is 0 Å². The fraction of sp³-hybridized carbons (Fsp3) is 0.125. The van der Waals surface area contributed by atoms with Crippen molar-refractivity contribution in [1.29, 1.82) is 0 Å². The second-order valence-corrected chi connectivity index (χ2v) is 4.97. The number of methoxy groups -OCH3 is 1. The van der Waals surface area contributed by atoms with Crippen LogP contribution in [0.5, 0.6) is 11.5 Å². The number of phenolic OH excluding ortho intramolecular Hbond substituents is 1. The minimum Gasteiger partial charge on any atom is -0.504 e. The number of nitrogens with zero attached hydrogens (tertiary/aromatic N) is 1. The summed E-state index contributed by atoms with van der Waals surface area (Å²) in [6, 6.07) is 11.4. The predicted octanol–water partition coefficient (Wildman–Crippen LogP) is 3.21. The highest BCUT2D eigenvalue weighted by Gasteiger charge is 2.07. The van der Waals surface area contributed by atoms with Crippen LogP contribution in [0.25, 0.3) is 0 Å². The van der Waals surface area contributed by atoms with Crippen molar-refractivity contribution in [1.82, 2.24) is 5.43 Å². The van der Waals surface area contributed by atoms with Gasteiger partial charge < -0.3 is 9.84 Å². The van der Waals surface area contributed by atoms with Crippen LogP contribution in [0.3, 0.4) is 0 Å². The second kappa shape index (κ2) is 6.95. The van der Waals surface area contributed by atoms with E-state index in [1.807, 2.05) is 0 Å². The molecule has 114 valence electrons. The third-order valence-electron chi connectivity index (χ3n) is 3.01. The minimum atomic E-state index is -0.354. The van der Waals surface area contributed by atoms with Crippen molar-refractivity contribution in [3.8, 4) is 11.5 Å². The molecule has 0 aliphatic carbocycles. The van der Waals surface area contributed by atoms with E-state index in [4.69, 9.17) is 16.3 Å². The van der Waals surface area contributed by atoms with E-state index < -0.39 is 0 Å². The maximum atomic E-state index is 12.0. The lowest BCUT2D eigenvalue weighted by molar-refractivity contribution is 0.0955. The molecule has 22 heavy (non-hydrogen) atoms. The maximum Gasteiger partial charge on any atom is 0.271 e. The van der Waals surface area contributed by atoms with Crippen LogP contribution >= 0.6 is 11.6 Å². The third kappa shape index (κ3) is 3.77. The second-order valence-electron chi connectivity index (χ2n) is 4.54. The molecule has 2 N–H and O–H groups in total. The number of hydrazone groups is 1. The van der Waals surface area contributed by atoms with Crippen molar-refractivity contribution >= 4 is 23.2 Å². The first-order valence-electron chi connectivity index (χ1n) is 6.49. The van der Waals surface area contributed by atoms with Crippen molar-refractivity contribution in [2.45, 2.75) is 6.92 Å². The first-order valence-corrected chi connectivity index (χ1v) is 6.86. The van der Waals surface area contributed by atoms with E-state index in [1.165, 1.54) is 13.2 Å². The maximum absolute atomic E-state index is 12.0. The Morgan fingerprint density at radius 1 is 1.23 bits per heavy atom. The van der Waals surface area contributed by atoms with E-state index in [-0.39, 0.29) is 11.7 Å². The smallest absolute Gasteiger partial charge is 0.271 e. The number of hydrogen-bond acceptors (Lipinski definition) is 4. The molecule has 0 saturated carbocycles. The van der Waals surface area contributed by atoms with E-state index in [9.17, 15) is 9.90 Å². The molecule has 0 heterocycles. The molecular weight excluding hydrogens is 304 g/mol. The fourth-order valence-corrected chi connectivity index (χ4v) is 1.99. The van der Waals surface area contributed by atoms with Crippen molar-refractivity contribution < 1.29 is 14.6 Å². The zero-order valence-corrected chi connectivity index (χ0v) is 12.9. The van der Waals surface area contributed by atoms with Crippen LogP contribution in [0.1, 0.15) is 22.8 Å². The summed E-state index contributed by atoms with van der Waals surface area (Å²) in [5.74, 6) is 0.0304. The Morgan fingerprint density at radius 2 is 2.00 bits per heavy atom. The zero-order chi connectivity index (χ0) is 16.1. The summed E-state index contributed by atoms with van der Waals surface area (Å²) in [4.78, 5) is 12.0. The number of phenols is 1. The molecule has 0 radical (unpaired) electrons. The Kier molecular flexibility index (Phi) is 5.01. The van der Waals surface area contributed by atoms with Gasteiger partial charge in [-0.05, 0) is 43.3 Å². The quantitative estimate of drug-likeness (QED) is 0.671. The van der Waals surface area contributed by atoms with Crippen LogP contribution in [-0.4, -0.2) is 23.8 Å². The molecule has 0 saturated heterocycles. The molecule has 0 aliphatic heterocycles. The number of halogens is 1. The van der Waals surface area contributed by atoms with E-state index in [0.29, 0.717) is 22.0 Å². The number of carbonyl (C=O) groups is 1. The lowest BCUT2D eigenvalue weighted by atomic mass is 10.1. The molecule has 0 aliphatic rings. The van der Waals surface area contributed by atoms with Gasteiger partial charge in [0.05, 0.1) is 12.8 Å². The van der Waals surface area contributed by atoms with E-state index >= 15 is 0 Å². The van der Waals surface area contributed by atoms with Gasteiger partial charge in [-0.25, -0.2) is 5.43 Å². The number of amides is 1. The van der Waals surface area contributed by atoms with E-state index in [0.717, 1.165) is 5.56 Å². The molecular formula is C16H15ClN2O3. The van der Waals surface area contributed by atoms with Gasteiger partial charge in [-0.2, -0.15) is 5.10 Å². The normalized spacial score (nSPS) is 11.1. The zero-order valence-electron chi connectivity index (χ0n) is 12.1. The van der Waals surface area contributed by atoms with Crippen LogP contribution in [-0.2, 0) is 0 Å². The molecule has 0 bridgehead atoms. The van der Waals surface area contributed by atoms with Crippen LogP contribution < -0.4 is 10.2 Å². The Morgan fingerprint density at radius 3 is 2.68 bits per heavy atom. The molecule has 0 unspecified atom stereocenters. The van der Waals surface area contributed by atoms with Gasteiger partial charge in [0, 0.05) is 16.1 Å². The van der Waals surface area contributed by atoms with Gasteiger partial charge in [-0.3, -0.25) is 4.79 Å². The number of rotatable bonds is 4. The molecule has 0 spiro atoms. The summed E-state index contributed by atoms with van der Waals surface area (Å²) in [5.41, 5.74) is 4.19. The lowest BCUT2D eigenvalue weighted by Gasteiger charge is -2.07. The topological polar surface area (TPSA) is 70.9 Å². The molecule has 2 rings (SSSR count). The van der Waals surface area contributed by atoms with Gasteiger partial charge in [-0.15, -0.1) is 0 Å². The number of carbonyl (C=O) groups excluding carboxylic acids is 1. The highest BCUT2D eigenvalue weighted by Crippen LogP contribution is 2.26. The monoisotopic (exact) mass is 318 g/mol. The summed E-state index contributed by atoms with van der Waals surface area (Å²) in [7, 11) is 1.46. The Bertz CT molecular complexity index is 729. The molecule has 0 aromatic heterocycles. The van der Waals surface area contributed by atoms with Gasteiger partial charge >= 0.3 is 0 Å². The molecule has 2 aromatic carbocycles. The first kappa shape index (κ1) is 15.9. The van der Waals surface area contributed by atoms with Crippen molar-refractivity contribution in [2.24, 2.45) is 5.10 Å². The number of ether oxygens (including phenoxy) is 1. The van der Waals surface area contributed by atoms with Crippen molar-refractivity contribution in [2.75, 3.05) is 7.11 Å². The van der Waals surface area contributed by atoms with Gasteiger partial charge in [0.1, 0.15) is 0 Å². The Balaban J connectivity index is 2.14. The predicted molar refractivity (Wildman–Crippen MR) is 85.8 cm³/mol. The SMILES string of the molecule is COc1cc(/C(C)=N/NC(=O)c2cccc(Cl)c2)ccc1O. The summed E-state index contributed by atoms with van der Waals surface area (Å²) < 4.78 is 5.04. The summed E-state index contributed by atoms with van der Waals surface area (Å²) in [6.07, 6.45) is 0. The highest BCUT2D eigenvalue weighted by molar-refractivity contribution is 6.30. The van der Waals surface area contributed by atoms with Crippen LogP contribution in [0, 0.1) is 0 Å². The molecule has 5 nitrogen and oxygen atoms in total. The van der Waals surface area contributed by atoms with Crippen molar-refractivity contribution in [3.05, 3.63) is 58.6 Å². The number of benzene rings is 2. The molecule has 6 heteroatoms. The largest absolute Gasteiger partial charge is 0.504 e. The van der Waals surface area contributed by atoms with Gasteiger partial charge in [-0.1, -0.05) is 17.7 Å². The number of aromatic hydroxyl groups is 1. The molecule has 0 atom stereocenters. The van der Waals surface area contributed by atoms with E-state index in [2.05, 4.69) is 10.5 Å². The Labute approximate surface area is 133 Å². The fourth-order valence-electron chi connectivity index (χ4n) is 1.80. The van der Waals surface area contributed by atoms with Gasteiger partial charge in [0.15, 0.2) is 11.5 Å². The van der Waals surface area contributed by atoms with Crippen molar-refractivity contribution in [3.63, 3.8) is 0 Å². The average molecular weight is 319 g/mol. The third-order valence-corrected chi connectivity index (χ3v) is 3.24. The average Bonchev–Trinajstić information content (AvgIpc) is 2.52. The summed E-state index contributed by atoms with van der Waals surface area (Å²) in [5, 5.41) is 14.1. The molecule has 0 fully saturated rings. The van der Waals surface area contributed by atoms with Crippen LogP contribution in [0.4, 0.5) is 0 Å². The lowest BCUT2D eigenvalue weighted by Crippen LogP contribution is -2.19. The minimum absolute atomic E-state index is 0.0435. The number of hydrogen-bond donors (Lipinski definition) is 2. The summed E-state index contributed by atoms with van der Waals surface area (Å²) in [6.45, 7) is 1.74. The van der Waals surface area contributed by atoms with Crippen LogP contribution in [0.15, 0.2) is 47.6 Å². The van der Waals surface area contributed by atoms with Gasteiger partial charge in [0.25, 0.3) is 5.91 Å².